The van der Waals surface area contributed by atoms with E-state index < -0.39 is 4.92 Å². The highest BCUT2D eigenvalue weighted by Crippen LogP contribution is 2.30. The van der Waals surface area contributed by atoms with Crippen molar-refractivity contribution in [2.24, 2.45) is 0 Å². The monoisotopic (exact) mass is 299 g/mol. The molecule has 0 amide bonds. The van der Waals surface area contributed by atoms with Crippen molar-refractivity contribution < 1.29 is 4.92 Å². The summed E-state index contributed by atoms with van der Waals surface area (Å²) in [6, 6.07) is 9.03. The number of pyridine rings is 1. The Hall–Kier alpha value is -2.47. The topological polar surface area (TPSA) is 68.1 Å². The molecule has 0 saturated carbocycles. The number of thiophene rings is 1. The van der Waals surface area contributed by atoms with E-state index in [1.54, 1.807) is 23.6 Å². The number of nitrogens with one attached hydrogen (secondary N) is 1. The molecule has 0 spiro atoms. The van der Waals surface area contributed by atoms with E-state index in [4.69, 9.17) is 0 Å². The van der Waals surface area contributed by atoms with Crippen LogP contribution in [-0.2, 0) is 0 Å². The second kappa shape index (κ2) is 5.49. The summed E-state index contributed by atoms with van der Waals surface area (Å²) in [5.41, 5.74) is 2.47. The first-order valence-electron chi connectivity index (χ1n) is 6.47. The lowest BCUT2D eigenvalue weighted by atomic mass is 10.1. The van der Waals surface area contributed by atoms with E-state index in [0.29, 0.717) is 5.52 Å². The first-order chi connectivity index (χ1) is 10.2. The highest BCUT2D eigenvalue weighted by Gasteiger charge is 2.15. The van der Waals surface area contributed by atoms with E-state index in [1.165, 1.54) is 11.6 Å². The number of rotatable bonds is 4. The van der Waals surface area contributed by atoms with Gasteiger partial charge in [-0.3, -0.25) is 10.1 Å². The predicted molar refractivity (Wildman–Crippen MR) is 84.8 cm³/mol. The van der Waals surface area contributed by atoms with Crippen molar-refractivity contribution in [1.29, 1.82) is 0 Å². The molecule has 3 aromatic rings. The fraction of sp³-hybridized carbons (Fsp3) is 0.133. The number of nitro groups is 1. The Morgan fingerprint density at radius 3 is 2.90 bits per heavy atom. The summed E-state index contributed by atoms with van der Waals surface area (Å²) in [6.07, 6.45) is 1.60. The van der Waals surface area contributed by atoms with E-state index >= 15 is 0 Å². The molecule has 0 aliphatic carbocycles. The lowest BCUT2D eigenvalue weighted by Crippen LogP contribution is -2.06. The molecule has 106 valence electrons. The minimum atomic E-state index is -0.401. The van der Waals surface area contributed by atoms with E-state index in [-0.39, 0.29) is 11.7 Å². The second-order valence-electron chi connectivity index (χ2n) is 4.71. The molecule has 0 bridgehead atoms. The molecule has 2 aromatic heterocycles. The third-order valence-corrected chi connectivity index (χ3v) is 4.06. The molecule has 0 fully saturated rings. The molecular weight excluding hydrogens is 286 g/mol. The molecule has 6 heteroatoms. The van der Waals surface area contributed by atoms with E-state index in [1.807, 2.05) is 17.5 Å². The van der Waals surface area contributed by atoms with Crippen LogP contribution < -0.4 is 5.32 Å². The molecular formula is C15H13N3O2S. The van der Waals surface area contributed by atoms with Crippen LogP contribution in [0.1, 0.15) is 18.5 Å². The summed E-state index contributed by atoms with van der Waals surface area (Å²) in [6.45, 7) is 2.06. The number of hydrogen-bond acceptors (Lipinski definition) is 5. The van der Waals surface area contributed by atoms with Gasteiger partial charge in [-0.15, -0.1) is 0 Å². The molecule has 0 radical (unpaired) electrons. The van der Waals surface area contributed by atoms with Crippen molar-refractivity contribution in [2.45, 2.75) is 13.0 Å². The van der Waals surface area contributed by atoms with Gasteiger partial charge in [-0.05, 0) is 35.4 Å². The second-order valence-corrected chi connectivity index (χ2v) is 5.49. The summed E-state index contributed by atoms with van der Waals surface area (Å²) in [5, 5.41) is 19.4. The standard InChI is InChI=1S/C15H13N3O2S/c1-10(11-6-8-21-9-11)17-13-5-7-16-15-12(13)3-2-4-14(15)18(19)20/h2-10H,1H3,(H,16,17). The van der Waals surface area contributed by atoms with Crippen LogP contribution in [0.15, 0.2) is 47.3 Å². The Morgan fingerprint density at radius 2 is 2.19 bits per heavy atom. The Kier molecular flexibility index (Phi) is 3.53. The number of fused-ring (bicyclic) bond motifs is 1. The summed E-state index contributed by atoms with van der Waals surface area (Å²) < 4.78 is 0. The van der Waals surface area contributed by atoms with Gasteiger partial charge in [-0.2, -0.15) is 11.3 Å². The number of hydrogen-bond donors (Lipinski definition) is 1. The zero-order chi connectivity index (χ0) is 14.8. The number of para-hydroxylation sites is 1. The van der Waals surface area contributed by atoms with Gasteiger partial charge < -0.3 is 5.32 Å². The summed E-state index contributed by atoms with van der Waals surface area (Å²) in [5.74, 6) is 0. The van der Waals surface area contributed by atoms with Crippen molar-refractivity contribution >= 4 is 33.6 Å². The van der Waals surface area contributed by atoms with Crippen LogP contribution in [0.4, 0.5) is 11.4 Å². The van der Waals surface area contributed by atoms with Crippen LogP contribution >= 0.6 is 11.3 Å². The number of nitrogens with zero attached hydrogens (tertiary/aromatic N) is 2. The molecule has 2 heterocycles. The maximum absolute atomic E-state index is 11.1. The van der Waals surface area contributed by atoms with Gasteiger partial charge >= 0.3 is 0 Å². The number of non-ortho nitro benzene ring substituents is 1. The fourth-order valence-electron chi connectivity index (χ4n) is 2.27. The van der Waals surface area contributed by atoms with E-state index in [0.717, 1.165) is 11.1 Å². The maximum atomic E-state index is 11.1. The molecule has 1 atom stereocenters. The maximum Gasteiger partial charge on any atom is 0.295 e. The lowest BCUT2D eigenvalue weighted by Gasteiger charge is -2.15. The first-order valence-corrected chi connectivity index (χ1v) is 7.42. The van der Waals surface area contributed by atoms with Crippen LogP contribution in [0, 0.1) is 10.1 Å². The van der Waals surface area contributed by atoms with Gasteiger partial charge in [0.2, 0.25) is 0 Å². The van der Waals surface area contributed by atoms with Gasteiger partial charge in [0.1, 0.15) is 5.52 Å². The molecule has 0 aliphatic heterocycles. The Bertz CT molecular complexity index is 787. The van der Waals surface area contributed by atoms with Crippen LogP contribution in [0.2, 0.25) is 0 Å². The van der Waals surface area contributed by atoms with Crippen molar-refractivity contribution in [3.05, 3.63) is 63.0 Å². The molecule has 1 N–H and O–H groups in total. The molecule has 0 saturated heterocycles. The van der Waals surface area contributed by atoms with Gasteiger partial charge in [0.05, 0.1) is 4.92 Å². The first kappa shape index (κ1) is 13.5. The highest BCUT2D eigenvalue weighted by molar-refractivity contribution is 7.08. The number of aromatic nitrogens is 1. The molecule has 5 nitrogen and oxygen atoms in total. The number of benzene rings is 1. The van der Waals surface area contributed by atoms with Gasteiger partial charge in [0, 0.05) is 29.4 Å². The highest BCUT2D eigenvalue weighted by atomic mass is 32.1. The van der Waals surface area contributed by atoms with E-state index in [9.17, 15) is 10.1 Å². The number of nitro benzene ring substituents is 1. The summed E-state index contributed by atoms with van der Waals surface area (Å²) >= 11 is 1.65. The van der Waals surface area contributed by atoms with E-state index in [2.05, 4.69) is 28.7 Å². The smallest absolute Gasteiger partial charge is 0.295 e. The summed E-state index contributed by atoms with van der Waals surface area (Å²) in [4.78, 5) is 14.8. The van der Waals surface area contributed by atoms with Crippen LogP contribution in [0.5, 0.6) is 0 Å². The molecule has 3 rings (SSSR count). The van der Waals surface area contributed by atoms with Crippen LogP contribution in [0.3, 0.4) is 0 Å². The third-order valence-electron chi connectivity index (χ3n) is 3.36. The largest absolute Gasteiger partial charge is 0.378 e. The number of anilines is 1. The molecule has 1 aromatic carbocycles. The van der Waals surface area contributed by atoms with Crippen LogP contribution in [-0.4, -0.2) is 9.91 Å². The Morgan fingerprint density at radius 1 is 1.33 bits per heavy atom. The SMILES string of the molecule is CC(Nc1ccnc2c([N+](=O)[O-])cccc12)c1ccsc1. The zero-order valence-electron chi connectivity index (χ0n) is 11.3. The minimum Gasteiger partial charge on any atom is -0.378 e. The quantitative estimate of drug-likeness (QED) is 0.573. The van der Waals surface area contributed by atoms with Crippen molar-refractivity contribution in [3.8, 4) is 0 Å². The molecule has 0 aliphatic rings. The van der Waals surface area contributed by atoms with Gasteiger partial charge in [-0.25, -0.2) is 4.98 Å². The zero-order valence-corrected chi connectivity index (χ0v) is 12.1. The Labute approximate surface area is 125 Å². The van der Waals surface area contributed by atoms with Gasteiger partial charge in [0.25, 0.3) is 5.69 Å². The summed E-state index contributed by atoms with van der Waals surface area (Å²) in [7, 11) is 0. The average molecular weight is 299 g/mol. The van der Waals surface area contributed by atoms with Crippen LogP contribution in [0.25, 0.3) is 10.9 Å². The normalized spacial score (nSPS) is 12.2. The average Bonchev–Trinajstić information content (AvgIpc) is 3.01. The predicted octanol–water partition coefficient (Wildman–Crippen LogP) is 4.38. The lowest BCUT2D eigenvalue weighted by molar-refractivity contribution is -0.383. The molecule has 1 unspecified atom stereocenters. The fourth-order valence-corrected chi connectivity index (χ4v) is 3.03. The van der Waals surface area contributed by atoms with Crippen molar-refractivity contribution in [1.82, 2.24) is 4.98 Å². The Balaban J connectivity index is 2.03. The van der Waals surface area contributed by atoms with Gasteiger partial charge in [-0.1, -0.05) is 12.1 Å². The minimum absolute atomic E-state index is 0.0272. The van der Waals surface area contributed by atoms with Crippen molar-refractivity contribution in [2.75, 3.05) is 5.32 Å². The van der Waals surface area contributed by atoms with Crippen molar-refractivity contribution in [3.63, 3.8) is 0 Å². The third kappa shape index (κ3) is 2.57. The molecule has 21 heavy (non-hydrogen) atoms. The van der Waals surface area contributed by atoms with Gasteiger partial charge in [0.15, 0.2) is 0 Å².